The summed E-state index contributed by atoms with van der Waals surface area (Å²) in [6.45, 7) is 9.66. The van der Waals surface area contributed by atoms with Gasteiger partial charge in [-0.25, -0.2) is 4.98 Å². The van der Waals surface area contributed by atoms with E-state index in [4.69, 9.17) is 4.42 Å². The molecule has 1 aromatic carbocycles. The molecule has 3 rings (SSSR count). The van der Waals surface area contributed by atoms with Gasteiger partial charge in [-0.2, -0.15) is 0 Å². The minimum Gasteiger partial charge on any atom is -0.440 e. The molecular weight excluding hydrogens is 328 g/mol. The number of oxazole rings is 1. The van der Waals surface area contributed by atoms with Crippen molar-refractivity contribution in [3.05, 3.63) is 29.7 Å². The van der Waals surface area contributed by atoms with Crippen molar-refractivity contribution in [2.45, 2.75) is 65.4 Å². The first-order valence-corrected chi connectivity index (χ1v) is 9.55. The molecule has 0 aliphatic carbocycles. The van der Waals surface area contributed by atoms with Crippen LogP contribution >= 0.6 is 0 Å². The zero-order chi connectivity index (χ0) is 18.9. The highest BCUT2D eigenvalue weighted by Crippen LogP contribution is 2.31. The first kappa shape index (κ1) is 18.9. The first-order chi connectivity index (χ1) is 12.2. The number of nitrogens with zero attached hydrogens (tertiary/aromatic N) is 2. The van der Waals surface area contributed by atoms with E-state index in [0.717, 1.165) is 35.4 Å². The van der Waals surface area contributed by atoms with Crippen LogP contribution in [-0.4, -0.2) is 40.1 Å². The maximum atomic E-state index is 12.4. The number of aliphatic hydroxyl groups is 1. The summed E-state index contributed by atoms with van der Waals surface area (Å²) >= 11 is 0. The van der Waals surface area contributed by atoms with Crippen molar-refractivity contribution in [2.24, 2.45) is 5.41 Å². The van der Waals surface area contributed by atoms with Crippen LogP contribution in [0.3, 0.4) is 0 Å². The molecule has 1 N–H and O–H groups in total. The molecule has 1 aliphatic rings. The van der Waals surface area contributed by atoms with Gasteiger partial charge in [-0.3, -0.25) is 4.79 Å². The molecule has 142 valence electrons. The lowest BCUT2D eigenvalue weighted by atomic mass is 9.88. The number of piperidine rings is 1. The molecule has 0 radical (unpaired) electrons. The molecule has 1 amide bonds. The topological polar surface area (TPSA) is 66.6 Å². The number of aryl methyl sites for hydroxylation is 1. The lowest BCUT2D eigenvalue weighted by Gasteiger charge is -2.32. The Labute approximate surface area is 155 Å². The molecule has 1 aromatic heterocycles. The van der Waals surface area contributed by atoms with Crippen LogP contribution in [0.4, 0.5) is 0 Å². The number of likely N-dealkylation sites (tertiary alicyclic amines) is 1. The molecule has 0 bridgehead atoms. The van der Waals surface area contributed by atoms with Crippen LogP contribution in [0.1, 0.15) is 63.8 Å². The van der Waals surface area contributed by atoms with Crippen LogP contribution in [-0.2, 0) is 4.79 Å². The van der Waals surface area contributed by atoms with Gasteiger partial charge >= 0.3 is 0 Å². The fourth-order valence-electron chi connectivity index (χ4n) is 3.76. The number of amides is 1. The van der Waals surface area contributed by atoms with Crippen molar-refractivity contribution >= 4 is 17.0 Å². The molecule has 2 aromatic rings. The van der Waals surface area contributed by atoms with Gasteiger partial charge < -0.3 is 14.4 Å². The summed E-state index contributed by atoms with van der Waals surface area (Å²) in [6, 6.07) is 6.00. The SMILES string of the molecule is Cc1cccc2nc(C3CCN(C(=O)CC(O)CC(C)(C)C)CC3)oc12. The number of aromatic nitrogens is 1. The Balaban J connectivity index is 1.56. The third kappa shape index (κ3) is 4.44. The Morgan fingerprint density at radius 2 is 2.04 bits per heavy atom. The standard InChI is InChI=1S/C21H30N2O3/c1-14-6-5-7-17-19(14)26-20(22-17)15-8-10-23(11-9-15)18(25)12-16(24)13-21(2,3)4/h5-7,15-16,24H,8-13H2,1-4H3. The van der Waals surface area contributed by atoms with Gasteiger partial charge in [-0.05, 0) is 43.2 Å². The van der Waals surface area contributed by atoms with Gasteiger partial charge in [0.2, 0.25) is 5.91 Å². The van der Waals surface area contributed by atoms with E-state index < -0.39 is 6.10 Å². The monoisotopic (exact) mass is 358 g/mol. The van der Waals surface area contributed by atoms with Crippen LogP contribution < -0.4 is 0 Å². The number of hydrogen-bond acceptors (Lipinski definition) is 4. The van der Waals surface area contributed by atoms with Gasteiger partial charge in [-0.15, -0.1) is 0 Å². The van der Waals surface area contributed by atoms with Crippen molar-refractivity contribution in [1.29, 1.82) is 0 Å². The Bertz CT molecular complexity index is 767. The highest BCUT2D eigenvalue weighted by atomic mass is 16.3. The van der Waals surface area contributed by atoms with Gasteiger partial charge in [0.15, 0.2) is 11.5 Å². The number of hydrogen-bond donors (Lipinski definition) is 1. The minimum atomic E-state index is -0.569. The lowest BCUT2D eigenvalue weighted by molar-refractivity contribution is -0.134. The van der Waals surface area contributed by atoms with E-state index in [2.05, 4.69) is 25.8 Å². The van der Waals surface area contributed by atoms with Gasteiger partial charge in [0.25, 0.3) is 0 Å². The van der Waals surface area contributed by atoms with Crippen molar-refractivity contribution in [2.75, 3.05) is 13.1 Å². The number of rotatable bonds is 4. The molecule has 2 heterocycles. The quantitative estimate of drug-likeness (QED) is 0.896. The van der Waals surface area contributed by atoms with Crippen LogP contribution in [0, 0.1) is 12.3 Å². The van der Waals surface area contributed by atoms with E-state index in [1.165, 1.54) is 0 Å². The summed E-state index contributed by atoms with van der Waals surface area (Å²) in [5, 5.41) is 10.1. The highest BCUT2D eigenvalue weighted by molar-refractivity contribution is 5.77. The zero-order valence-electron chi connectivity index (χ0n) is 16.3. The number of para-hydroxylation sites is 1. The smallest absolute Gasteiger partial charge is 0.225 e. The summed E-state index contributed by atoms with van der Waals surface area (Å²) < 4.78 is 6.00. The van der Waals surface area contributed by atoms with E-state index in [-0.39, 0.29) is 23.7 Å². The fraction of sp³-hybridized carbons (Fsp3) is 0.619. The van der Waals surface area contributed by atoms with E-state index >= 15 is 0 Å². The number of aliphatic hydroxyl groups excluding tert-OH is 1. The van der Waals surface area contributed by atoms with Crippen LogP contribution in [0.2, 0.25) is 0 Å². The molecule has 0 spiro atoms. The molecule has 1 unspecified atom stereocenters. The van der Waals surface area contributed by atoms with Crippen molar-refractivity contribution in [3.63, 3.8) is 0 Å². The van der Waals surface area contributed by atoms with E-state index in [1.807, 2.05) is 30.0 Å². The molecule has 5 heteroatoms. The molecule has 26 heavy (non-hydrogen) atoms. The van der Waals surface area contributed by atoms with Gasteiger partial charge in [-0.1, -0.05) is 32.9 Å². The van der Waals surface area contributed by atoms with Gasteiger partial charge in [0.05, 0.1) is 12.5 Å². The number of carbonyl (C=O) groups excluding carboxylic acids is 1. The molecule has 1 atom stereocenters. The average molecular weight is 358 g/mol. The Hall–Kier alpha value is -1.88. The summed E-state index contributed by atoms with van der Waals surface area (Å²) in [7, 11) is 0. The third-order valence-corrected chi connectivity index (χ3v) is 5.08. The molecule has 5 nitrogen and oxygen atoms in total. The largest absolute Gasteiger partial charge is 0.440 e. The normalized spacial score (nSPS) is 17.7. The van der Waals surface area contributed by atoms with Crippen LogP contribution in [0.5, 0.6) is 0 Å². The second-order valence-corrected chi connectivity index (χ2v) is 8.75. The molecule has 1 aliphatic heterocycles. The molecular formula is C21H30N2O3. The highest BCUT2D eigenvalue weighted by Gasteiger charge is 2.28. The number of carbonyl (C=O) groups is 1. The average Bonchev–Trinajstić information content (AvgIpc) is 2.99. The fourth-order valence-corrected chi connectivity index (χ4v) is 3.76. The Morgan fingerprint density at radius 1 is 1.35 bits per heavy atom. The maximum absolute atomic E-state index is 12.4. The van der Waals surface area contributed by atoms with E-state index in [9.17, 15) is 9.90 Å². The van der Waals surface area contributed by atoms with Crippen LogP contribution in [0.25, 0.3) is 11.1 Å². The van der Waals surface area contributed by atoms with Crippen LogP contribution in [0.15, 0.2) is 22.6 Å². The van der Waals surface area contributed by atoms with Crippen molar-refractivity contribution < 1.29 is 14.3 Å². The second-order valence-electron chi connectivity index (χ2n) is 8.75. The van der Waals surface area contributed by atoms with Gasteiger partial charge in [0.1, 0.15) is 5.52 Å². The summed E-state index contributed by atoms with van der Waals surface area (Å²) in [4.78, 5) is 19.0. The Kier molecular flexibility index (Phi) is 5.37. The second kappa shape index (κ2) is 7.39. The predicted molar refractivity (Wildman–Crippen MR) is 102 cm³/mol. The molecule has 0 saturated carbocycles. The zero-order valence-corrected chi connectivity index (χ0v) is 16.3. The number of fused-ring (bicyclic) bond motifs is 1. The maximum Gasteiger partial charge on any atom is 0.225 e. The third-order valence-electron chi connectivity index (χ3n) is 5.08. The summed E-state index contributed by atoms with van der Waals surface area (Å²) in [6.07, 6.45) is 1.99. The Morgan fingerprint density at radius 3 is 2.65 bits per heavy atom. The molecule has 1 fully saturated rings. The summed E-state index contributed by atoms with van der Waals surface area (Å²) in [5.41, 5.74) is 2.90. The van der Waals surface area contributed by atoms with Crippen molar-refractivity contribution in [3.8, 4) is 0 Å². The predicted octanol–water partition coefficient (Wildman–Crippen LogP) is 4.03. The first-order valence-electron chi connectivity index (χ1n) is 9.55. The van der Waals surface area contributed by atoms with Crippen molar-refractivity contribution in [1.82, 2.24) is 9.88 Å². The molecule has 1 saturated heterocycles. The lowest BCUT2D eigenvalue weighted by Crippen LogP contribution is -2.39. The minimum absolute atomic E-state index is 0.0256. The van der Waals surface area contributed by atoms with E-state index in [0.29, 0.717) is 19.5 Å². The van der Waals surface area contributed by atoms with E-state index in [1.54, 1.807) is 0 Å². The summed E-state index contributed by atoms with van der Waals surface area (Å²) in [5.74, 6) is 1.09. The number of benzene rings is 1. The van der Waals surface area contributed by atoms with Gasteiger partial charge in [0, 0.05) is 19.0 Å².